The molecule has 0 aliphatic carbocycles. The van der Waals surface area contributed by atoms with E-state index in [0.29, 0.717) is 13.2 Å². The Kier molecular flexibility index (Phi) is 6.67. The van der Waals surface area contributed by atoms with Crippen LogP contribution in [0.5, 0.6) is 5.75 Å². The van der Waals surface area contributed by atoms with Crippen molar-refractivity contribution in [1.29, 1.82) is 0 Å². The Morgan fingerprint density at radius 3 is 2.44 bits per heavy atom. The molecule has 1 rings (SSSR count). The van der Waals surface area contributed by atoms with Crippen LogP contribution in [0.15, 0.2) is 21.1 Å². The molecule has 0 heterocycles. The lowest BCUT2D eigenvalue weighted by molar-refractivity contribution is -0.142. The van der Waals surface area contributed by atoms with Crippen LogP contribution in [0.4, 0.5) is 0 Å². The van der Waals surface area contributed by atoms with Crippen LogP contribution in [-0.2, 0) is 16.1 Å². The van der Waals surface area contributed by atoms with Crippen molar-refractivity contribution in [2.45, 2.75) is 13.5 Å². The van der Waals surface area contributed by atoms with E-state index in [0.717, 1.165) is 20.3 Å². The second-order valence-corrected chi connectivity index (χ2v) is 5.21. The van der Waals surface area contributed by atoms with Crippen LogP contribution in [-0.4, -0.2) is 26.2 Å². The van der Waals surface area contributed by atoms with Crippen LogP contribution in [0.3, 0.4) is 0 Å². The van der Waals surface area contributed by atoms with E-state index >= 15 is 0 Å². The van der Waals surface area contributed by atoms with Crippen molar-refractivity contribution < 1.29 is 14.3 Å². The lowest BCUT2D eigenvalue weighted by Gasteiger charge is -2.10. The van der Waals surface area contributed by atoms with Crippen molar-refractivity contribution in [3.05, 3.63) is 26.6 Å². The van der Waals surface area contributed by atoms with Crippen LogP contribution in [0.25, 0.3) is 0 Å². The number of rotatable bonds is 6. The Bertz CT molecular complexity index is 401. The predicted octanol–water partition coefficient (Wildman–Crippen LogP) is 2.87. The maximum atomic E-state index is 11.1. The highest BCUT2D eigenvalue weighted by atomic mass is 79.9. The molecule has 0 amide bonds. The highest BCUT2D eigenvalue weighted by Gasteiger charge is 2.08. The number of esters is 1. The first-order chi connectivity index (χ1) is 8.58. The smallest absolute Gasteiger partial charge is 0.319 e. The van der Waals surface area contributed by atoms with Gasteiger partial charge in [-0.2, -0.15) is 0 Å². The summed E-state index contributed by atoms with van der Waals surface area (Å²) in [6, 6.07) is 3.89. The van der Waals surface area contributed by atoms with E-state index in [1.165, 1.54) is 0 Å². The molecule has 1 aromatic rings. The summed E-state index contributed by atoms with van der Waals surface area (Å²) in [7, 11) is 1.61. The van der Waals surface area contributed by atoms with E-state index < -0.39 is 0 Å². The Balaban J connectivity index is 2.56. The van der Waals surface area contributed by atoms with E-state index in [9.17, 15) is 4.79 Å². The number of carbonyl (C=O) groups is 1. The van der Waals surface area contributed by atoms with Crippen LogP contribution in [0.2, 0.25) is 0 Å². The van der Waals surface area contributed by atoms with Gasteiger partial charge in [-0.1, -0.05) is 0 Å². The van der Waals surface area contributed by atoms with E-state index in [1.54, 1.807) is 14.0 Å². The lowest BCUT2D eigenvalue weighted by atomic mass is 10.2. The fraction of sp³-hybridized carbons (Fsp3) is 0.417. The molecule has 1 aromatic carbocycles. The monoisotopic (exact) mass is 379 g/mol. The molecule has 6 heteroatoms. The zero-order chi connectivity index (χ0) is 13.5. The summed E-state index contributed by atoms with van der Waals surface area (Å²) in [6.07, 6.45) is 0. The Hall–Kier alpha value is -0.590. The molecular formula is C12H15Br2NO3. The summed E-state index contributed by atoms with van der Waals surface area (Å²) in [5, 5.41) is 3.02. The molecule has 0 aliphatic rings. The summed E-state index contributed by atoms with van der Waals surface area (Å²) < 4.78 is 11.8. The number of hydrogen-bond acceptors (Lipinski definition) is 4. The number of hydrogen-bond donors (Lipinski definition) is 1. The molecule has 0 spiro atoms. The summed E-state index contributed by atoms with van der Waals surface area (Å²) in [6.45, 7) is 2.98. The Labute approximate surface area is 123 Å². The molecule has 0 atom stereocenters. The van der Waals surface area contributed by atoms with Gasteiger partial charge < -0.3 is 14.8 Å². The van der Waals surface area contributed by atoms with E-state index in [1.807, 2.05) is 12.1 Å². The van der Waals surface area contributed by atoms with Crippen molar-refractivity contribution in [3.8, 4) is 5.75 Å². The van der Waals surface area contributed by atoms with Crippen molar-refractivity contribution in [2.24, 2.45) is 0 Å². The van der Waals surface area contributed by atoms with Crippen LogP contribution in [0.1, 0.15) is 12.5 Å². The van der Waals surface area contributed by atoms with E-state index in [2.05, 4.69) is 37.2 Å². The van der Waals surface area contributed by atoms with Gasteiger partial charge >= 0.3 is 5.97 Å². The molecule has 0 unspecified atom stereocenters. The molecule has 0 aliphatic heterocycles. The Morgan fingerprint density at radius 1 is 1.33 bits per heavy atom. The topological polar surface area (TPSA) is 47.6 Å². The summed E-state index contributed by atoms with van der Waals surface area (Å²) in [5.74, 6) is 0.508. The Morgan fingerprint density at radius 2 is 1.94 bits per heavy atom. The first-order valence-electron chi connectivity index (χ1n) is 5.46. The maximum absolute atomic E-state index is 11.1. The largest absolute Gasteiger partial charge is 0.494 e. The van der Waals surface area contributed by atoms with Gasteiger partial charge in [0.2, 0.25) is 0 Å². The van der Waals surface area contributed by atoms with Crippen LogP contribution < -0.4 is 10.1 Å². The van der Waals surface area contributed by atoms with Gasteiger partial charge in [0.05, 0.1) is 29.2 Å². The quantitative estimate of drug-likeness (QED) is 0.771. The van der Waals surface area contributed by atoms with Gasteiger partial charge in [0.25, 0.3) is 0 Å². The normalized spacial score (nSPS) is 10.2. The third kappa shape index (κ3) is 4.59. The van der Waals surface area contributed by atoms with Gasteiger partial charge in [-0.05, 0) is 56.5 Å². The molecule has 0 saturated carbocycles. The minimum absolute atomic E-state index is 0.203. The standard InChI is InChI=1S/C12H15Br2NO3/c1-3-18-11(16)7-15-6-8-4-9(13)12(17-2)10(14)5-8/h4-5,15H,3,6-7H2,1-2H3. The van der Waals surface area contributed by atoms with Crippen LogP contribution >= 0.6 is 31.9 Å². The van der Waals surface area contributed by atoms with Gasteiger partial charge in [-0.25, -0.2) is 0 Å². The molecule has 0 fully saturated rings. The van der Waals surface area contributed by atoms with Crippen molar-refractivity contribution in [2.75, 3.05) is 20.3 Å². The first kappa shape index (κ1) is 15.5. The van der Waals surface area contributed by atoms with Crippen molar-refractivity contribution in [1.82, 2.24) is 5.32 Å². The number of nitrogens with one attached hydrogen (secondary N) is 1. The van der Waals surface area contributed by atoms with Gasteiger partial charge in [-0.15, -0.1) is 0 Å². The van der Waals surface area contributed by atoms with E-state index in [4.69, 9.17) is 9.47 Å². The first-order valence-corrected chi connectivity index (χ1v) is 7.05. The van der Waals surface area contributed by atoms with Gasteiger partial charge in [-0.3, -0.25) is 4.79 Å². The molecule has 0 bridgehead atoms. The number of carbonyl (C=O) groups excluding carboxylic acids is 1. The SMILES string of the molecule is CCOC(=O)CNCc1cc(Br)c(OC)c(Br)c1. The highest BCUT2D eigenvalue weighted by Crippen LogP contribution is 2.34. The molecule has 4 nitrogen and oxygen atoms in total. The van der Waals surface area contributed by atoms with Gasteiger partial charge in [0, 0.05) is 6.54 Å². The fourth-order valence-corrected chi connectivity index (χ4v) is 3.04. The second kappa shape index (κ2) is 7.76. The maximum Gasteiger partial charge on any atom is 0.319 e. The number of methoxy groups -OCH3 is 1. The predicted molar refractivity (Wildman–Crippen MR) is 76.7 cm³/mol. The fourth-order valence-electron chi connectivity index (χ4n) is 1.43. The summed E-state index contributed by atoms with van der Waals surface area (Å²) in [4.78, 5) is 11.1. The third-order valence-electron chi connectivity index (χ3n) is 2.17. The highest BCUT2D eigenvalue weighted by molar-refractivity contribution is 9.11. The average molecular weight is 381 g/mol. The minimum Gasteiger partial charge on any atom is -0.494 e. The van der Waals surface area contributed by atoms with Gasteiger partial charge in [0.15, 0.2) is 0 Å². The molecular weight excluding hydrogens is 366 g/mol. The number of benzene rings is 1. The molecule has 0 aromatic heterocycles. The van der Waals surface area contributed by atoms with E-state index in [-0.39, 0.29) is 12.5 Å². The van der Waals surface area contributed by atoms with Crippen molar-refractivity contribution in [3.63, 3.8) is 0 Å². The summed E-state index contributed by atoms with van der Waals surface area (Å²) in [5.41, 5.74) is 1.04. The molecule has 100 valence electrons. The zero-order valence-electron chi connectivity index (χ0n) is 10.3. The molecule has 0 saturated heterocycles. The molecule has 18 heavy (non-hydrogen) atoms. The van der Waals surface area contributed by atoms with Gasteiger partial charge in [0.1, 0.15) is 5.75 Å². The average Bonchev–Trinajstić information content (AvgIpc) is 2.29. The lowest BCUT2D eigenvalue weighted by Crippen LogP contribution is -2.24. The molecule has 1 N–H and O–H groups in total. The zero-order valence-corrected chi connectivity index (χ0v) is 13.4. The number of halogens is 2. The third-order valence-corrected chi connectivity index (χ3v) is 3.34. The molecule has 0 radical (unpaired) electrons. The number of ether oxygens (including phenoxy) is 2. The minimum atomic E-state index is -0.246. The second-order valence-electron chi connectivity index (χ2n) is 3.50. The van der Waals surface area contributed by atoms with Crippen molar-refractivity contribution >= 4 is 37.8 Å². The summed E-state index contributed by atoms with van der Waals surface area (Å²) >= 11 is 6.86. The van der Waals surface area contributed by atoms with Crippen LogP contribution in [0, 0.1) is 0 Å².